The number of rotatable bonds is 6. The van der Waals surface area contributed by atoms with Crippen LogP contribution in [-0.2, 0) is 40.3 Å². The summed E-state index contributed by atoms with van der Waals surface area (Å²) in [7, 11) is -30.3. The summed E-state index contributed by atoms with van der Waals surface area (Å²) in [5.41, 5.74) is 0. The highest BCUT2D eigenvalue weighted by atomic mass is 31.3. The Morgan fingerprint density at radius 3 is 0.355 bits per heavy atom. The number of hydrogen-bond acceptors (Lipinski definition) is 9. The highest BCUT2D eigenvalue weighted by Crippen LogP contribution is 2.55. The van der Waals surface area contributed by atoms with E-state index in [1.54, 1.807) is 0 Å². The maximum atomic E-state index is 9.63. The van der Waals surface area contributed by atoms with Crippen LogP contribution in [0.2, 0.25) is 0 Å². The van der Waals surface area contributed by atoms with Crippen molar-refractivity contribution in [1.82, 2.24) is 0 Å². The molecule has 180 valence electrons. The van der Waals surface area contributed by atoms with Crippen molar-refractivity contribution >= 4 is 116 Å². The monoisotopic (exact) mass is 642 g/mol. The Labute approximate surface area is 214 Å². The van der Waals surface area contributed by atoms with E-state index in [1.807, 2.05) is 0 Å². The van der Waals surface area contributed by atoms with Crippen molar-refractivity contribution in [1.29, 1.82) is 0 Å². The van der Waals surface area contributed by atoms with E-state index in [0.29, 0.717) is 0 Å². The molecule has 0 unspecified atom stereocenters. The van der Waals surface area contributed by atoms with Gasteiger partial charge in [0.2, 0.25) is 0 Å². The van der Waals surface area contributed by atoms with E-state index in [4.69, 9.17) is 58.7 Å². The molecule has 0 fully saturated rings. The third-order valence-corrected chi connectivity index (χ3v) is 5.74. The second-order valence-corrected chi connectivity index (χ2v) is 11.0. The predicted molar refractivity (Wildman–Crippen MR) is 98.5 cm³/mol. The number of hydrogen-bond donors (Lipinski definition) is 12. The van der Waals surface area contributed by atoms with Crippen molar-refractivity contribution in [2.24, 2.45) is 0 Å². The SMILES string of the molecule is O=P(O)(O)OP(=O)(O)O.O=P(O)(O)OP(=O)(O)O.O=P(O)(O)OP(=O)(O)O.[Al].[Al].[Al].[Al]. The van der Waals surface area contributed by atoms with E-state index >= 15 is 0 Å². The second kappa shape index (κ2) is 19.1. The standard InChI is InChI=1S/4Al.3H4O7P2/c;;;;3*1-8(2,3)7-9(4,5)6/h;;;;3*(H2,1,2,3)(H2,4,5,6). The maximum absolute atomic E-state index is 9.63. The van der Waals surface area contributed by atoms with E-state index in [0.717, 1.165) is 0 Å². The molecule has 0 rings (SSSR count). The largest absolute Gasteiger partial charge is 0.478 e. The molecule has 0 aliphatic carbocycles. The molecule has 12 N–H and O–H groups in total. The fourth-order valence-corrected chi connectivity index (χ4v) is 3.74. The zero-order valence-corrected chi connectivity index (χ0v) is 24.0. The van der Waals surface area contributed by atoms with Gasteiger partial charge in [0.25, 0.3) is 0 Å². The van der Waals surface area contributed by atoms with E-state index < -0.39 is 46.9 Å². The van der Waals surface area contributed by atoms with Gasteiger partial charge in [-0.15, -0.1) is 0 Å². The highest BCUT2D eigenvalue weighted by molar-refractivity contribution is 7.61. The molecule has 0 aliphatic heterocycles. The fourth-order valence-electron chi connectivity index (χ4n) is 0.416. The molecule has 12 radical (unpaired) electrons. The van der Waals surface area contributed by atoms with Crippen molar-refractivity contribution in [3.8, 4) is 0 Å². The topological polar surface area (TPSA) is 373 Å². The molecule has 0 spiro atoms. The molecule has 0 amide bonds. The van der Waals surface area contributed by atoms with Crippen molar-refractivity contribution in [3.05, 3.63) is 0 Å². The summed E-state index contributed by atoms with van der Waals surface area (Å²) in [6, 6.07) is 0. The van der Waals surface area contributed by atoms with Gasteiger partial charge in [-0.3, -0.25) is 0 Å². The lowest BCUT2D eigenvalue weighted by atomic mass is 15.7. The molecule has 0 aromatic heterocycles. The summed E-state index contributed by atoms with van der Waals surface area (Å²) in [6.07, 6.45) is 0. The Bertz CT molecular complexity index is 559. The van der Waals surface area contributed by atoms with Gasteiger partial charge < -0.3 is 58.7 Å². The van der Waals surface area contributed by atoms with Gasteiger partial charge in [-0.05, 0) is 0 Å². The molecule has 31 heavy (non-hydrogen) atoms. The summed E-state index contributed by atoms with van der Waals surface area (Å²) < 4.78 is 66.6. The molecule has 0 saturated heterocycles. The molecule has 0 saturated carbocycles. The van der Waals surface area contributed by atoms with Crippen LogP contribution < -0.4 is 0 Å². The molecule has 0 bridgehead atoms. The van der Waals surface area contributed by atoms with Gasteiger partial charge in [-0.2, -0.15) is 12.9 Å². The lowest BCUT2D eigenvalue weighted by Crippen LogP contribution is -1.84. The van der Waals surface area contributed by atoms with E-state index in [1.165, 1.54) is 0 Å². The Morgan fingerprint density at radius 1 is 0.290 bits per heavy atom. The molecule has 31 heteroatoms. The quantitative estimate of drug-likeness (QED) is 0.0971. The average Bonchev–Trinajstić information content (AvgIpc) is 1.96. The Hall–Kier alpha value is 2.91. The summed E-state index contributed by atoms with van der Waals surface area (Å²) >= 11 is 0. The molecule has 0 aromatic rings. The van der Waals surface area contributed by atoms with Crippen molar-refractivity contribution in [2.45, 2.75) is 0 Å². The molecule has 0 aromatic carbocycles. The summed E-state index contributed by atoms with van der Waals surface area (Å²) in [5, 5.41) is 0. The second-order valence-electron chi connectivity index (χ2n) is 3.19. The molecule has 0 atom stereocenters. The summed E-state index contributed by atoms with van der Waals surface area (Å²) in [5.74, 6) is 0. The van der Waals surface area contributed by atoms with Crippen LogP contribution in [0, 0.1) is 0 Å². The first-order valence-electron chi connectivity index (χ1n) is 4.59. The van der Waals surface area contributed by atoms with Crippen molar-refractivity contribution in [3.63, 3.8) is 0 Å². The minimum absolute atomic E-state index is 0. The Balaban J connectivity index is -0.0000000524. The van der Waals surface area contributed by atoms with Gasteiger partial charge >= 0.3 is 46.9 Å². The van der Waals surface area contributed by atoms with Crippen LogP contribution in [0.4, 0.5) is 0 Å². The Morgan fingerprint density at radius 2 is 0.355 bits per heavy atom. The van der Waals surface area contributed by atoms with Gasteiger partial charge in [0.05, 0.1) is 0 Å². The van der Waals surface area contributed by atoms with Crippen LogP contribution in [0.25, 0.3) is 0 Å². The van der Waals surface area contributed by atoms with Crippen LogP contribution in [0.5, 0.6) is 0 Å². The third-order valence-electron chi connectivity index (χ3n) is 0.638. The fraction of sp³-hybridized carbons (Fsp3) is 0. The molecular formula is H12Al4O21P6. The average molecular weight is 642 g/mol. The predicted octanol–water partition coefficient (Wildman–Crippen LogP) is -3.96. The molecule has 21 nitrogen and oxygen atoms in total. The molecule has 0 aliphatic rings. The van der Waals surface area contributed by atoms with Crippen LogP contribution in [0.1, 0.15) is 0 Å². The van der Waals surface area contributed by atoms with Crippen LogP contribution in [-0.4, -0.2) is 128 Å². The maximum Gasteiger partial charge on any atom is 0.478 e. The first-order chi connectivity index (χ1) is 11.1. The van der Waals surface area contributed by atoms with E-state index in [2.05, 4.69) is 12.9 Å². The van der Waals surface area contributed by atoms with Gasteiger partial charge in [0.1, 0.15) is 0 Å². The first kappa shape index (κ1) is 50.7. The summed E-state index contributed by atoms with van der Waals surface area (Å²) in [4.78, 5) is 93.0. The van der Waals surface area contributed by atoms with Crippen molar-refractivity contribution in [2.75, 3.05) is 0 Å². The lowest BCUT2D eigenvalue weighted by Gasteiger charge is -2.03. The van der Waals surface area contributed by atoms with Gasteiger partial charge in [0.15, 0.2) is 0 Å². The van der Waals surface area contributed by atoms with Crippen molar-refractivity contribution < 1.29 is 99.0 Å². The minimum atomic E-state index is -5.05. The van der Waals surface area contributed by atoms with Crippen LogP contribution >= 0.6 is 46.9 Å². The van der Waals surface area contributed by atoms with Gasteiger partial charge in [-0.25, -0.2) is 27.4 Å². The first-order valence-corrected chi connectivity index (χ1v) is 13.8. The Kier molecular flexibility index (Phi) is 31.2. The van der Waals surface area contributed by atoms with E-state index in [-0.39, 0.29) is 69.4 Å². The van der Waals surface area contributed by atoms with Gasteiger partial charge in [0, 0.05) is 69.4 Å². The molecule has 0 heterocycles. The smallest absolute Gasteiger partial charge is 0.302 e. The lowest BCUT2D eigenvalue weighted by molar-refractivity contribution is 0.221. The number of phosphoric acid groups is 6. The summed E-state index contributed by atoms with van der Waals surface area (Å²) in [6.45, 7) is 0. The molecular weight excluding hydrogens is 630 g/mol. The third kappa shape index (κ3) is 71.9. The zero-order chi connectivity index (χ0) is 23.1. The zero-order valence-electron chi connectivity index (χ0n) is 14.0. The van der Waals surface area contributed by atoms with Gasteiger partial charge in [-0.1, -0.05) is 0 Å². The minimum Gasteiger partial charge on any atom is -0.302 e. The van der Waals surface area contributed by atoms with E-state index in [9.17, 15) is 27.4 Å². The van der Waals surface area contributed by atoms with Crippen LogP contribution in [0.3, 0.4) is 0 Å². The normalized spacial score (nSPS) is 12.0. The van der Waals surface area contributed by atoms with Crippen LogP contribution in [0.15, 0.2) is 0 Å². The highest BCUT2D eigenvalue weighted by Gasteiger charge is 2.29.